The van der Waals surface area contributed by atoms with Crippen molar-refractivity contribution in [1.29, 1.82) is 0 Å². The Balaban J connectivity index is 1.99. The maximum absolute atomic E-state index is 11.9. The zero-order chi connectivity index (χ0) is 15.9. The van der Waals surface area contributed by atoms with Crippen LogP contribution < -0.4 is 10.6 Å². The van der Waals surface area contributed by atoms with Crippen molar-refractivity contribution >= 4 is 33.2 Å². The molecule has 1 heterocycles. The molecule has 2 aromatic rings. The standard InChI is InChI=1S/C17H20BrN3O/c1-3-4-9-19-17(22)16-8-6-14(11-20-16)21-13-5-7-15(18)12(2)10-13/h5-8,10-11,21H,3-4,9H2,1-2H3,(H,19,22). The quantitative estimate of drug-likeness (QED) is 0.748. The first kappa shape index (κ1) is 16.5. The lowest BCUT2D eigenvalue weighted by Crippen LogP contribution is -2.25. The Morgan fingerprint density at radius 1 is 1.23 bits per heavy atom. The molecule has 22 heavy (non-hydrogen) atoms. The second-order valence-corrected chi connectivity index (χ2v) is 5.98. The van der Waals surface area contributed by atoms with Gasteiger partial charge in [0.05, 0.1) is 11.9 Å². The molecule has 0 saturated carbocycles. The maximum atomic E-state index is 11.9. The van der Waals surface area contributed by atoms with Crippen LogP contribution in [0.15, 0.2) is 41.0 Å². The fraction of sp³-hybridized carbons (Fsp3) is 0.294. The van der Waals surface area contributed by atoms with Crippen LogP contribution in [0.3, 0.4) is 0 Å². The Morgan fingerprint density at radius 2 is 2.00 bits per heavy atom. The number of aryl methyl sites for hydroxylation is 1. The van der Waals surface area contributed by atoms with Gasteiger partial charge in [-0.15, -0.1) is 0 Å². The van der Waals surface area contributed by atoms with Crippen molar-refractivity contribution < 1.29 is 4.79 Å². The summed E-state index contributed by atoms with van der Waals surface area (Å²) in [5, 5.41) is 6.13. The SMILES string of the molecule is CCCCNC(=O)c1ccc(Nc2ccc(Br)c(C)c2)cn1. The summed E-state index contributed by atoms with van der Waals surface area (Å²) in [5.41, 5.74) is 3.44. The van der Waals surface area contributed by atoms with Crippen LogP contribution in [-0.2, 0) is 0 Å². The molecule has 0 saturated heterocycles. The number of halogens is 1. The van der Waals surface area contributed by atoms with Gasteiger partial charge in [0.1, 0.15) is 5.69 Å². The highest BCUT2D eigenvalue weighted by Gasteiger charge is 2.06. The van der Waals surface area contributed by atoms with Crippen molar-refractivity contribution in [2.45, 2.75) is 26.7 Å². The molecule has 4 nitrogen and oxygen atoms in total. The molecule has 2 rings (SSSR count). The molecule has 0 fully saturated rings. The largest absolute Gasteiger partial charge is 0.354 e. The van der Waals surface area contributed by atoms with Crippen molar-refractivity contribution in [1.82, 2.24) is 10.3 Å². The number of hydrogen-bond donors (Lipinski definition) is 2. The molecule has 1 aromatic heterocycles. The highest BCUT2D eigenvalue weighted by atomic mass is 79.9. The number of amides is 1. The van der Waals surface area contributed by atoms with Gasteiger partial charge in [0.2, 0.25) is 0 Å². The zero-order valence-electron chi connectivity index (χ0n) is 12.8. The Labute approximate surface area is 139 Å². The van der Waals surface area contributed by atoms with Gasteiger partial charge in [-0.25, -0.2) is 4.98 Å². The smallest absolute Gasteiger partial charge is 0.269 e. The highest BCUT2D eigenvalue weighted by Crippen LogP contribution is 2.22. The maximum Gasteiger partial charge on any atom is 0.269 e. The zero-order valence-corrected chi connectivity index (χ0v) is 14.4. The van der Waals surface area contributed by atoms with Gasteiger partial charge in [0, 0.05) is 16.7 Å². The summed E-state index contributed by atoms with van der Waals surface area (Å²) in [4.78, 5) is 16.1. The van der Waals surface area contributed by atoms with Gasteiger partial charge in [0.15, 0.2) is 0 Å². The number of pyridine rings is 1. The number of aromatic nitrogens is 1. The van der Waals surface area contributed by atoms with E-state index in [0.717, 1.165) is 34.3 Å². The number of unbranched alkanes of at least 4 members (excludes halogenated alkanes) is 1. The van der Waals surface area contributed by atoms with Crippen LogP contribution in [0, 0.1) is 6.92 Å². The summed E-state index contributed by atoms with van der Waals surface area (Å²) < 4.78 is 1.08. The van der Waals surface area contributed by atoms with Crippen LogP contribution in [-0.4, -0.2) is 17.4 Å². The fourth-order valence-electron chi connectivity index (χ4n) is 1.96. The van der Waals surface area contributed by atoms with Gasteiger partial charge in [-0.2, -0.15) is 0 Å². The van der Waals surface area contributed by atoms with Gasteiger partial charge in [-0.05, 0) is 49.2 Å². The molecule has 1 aromatic carbocycles. The number of nitrogens with zero attached hydrogens (tertiary/aromatic N) is 1. The normalized spacial score (nSPS) is 10.3. The minimum atomic E-state index is -0.125. The van der Waals surface area contributed by atoms with Crippen molar-refractivity contribution in [2.75, 3.05) is 11.9 Å². The van der Waals surface area contributed by atoms with Gasteiger partial charge in [0.25, 0.3) is 5.91 Å². The Morgan fingerprint density at radius 3 is 2.64 bits per heavy atom. The summed E-state index contributed by atoms with van der Waals surface area (Å²) in [6.45, 7) is 4.82. The molecule has 1 amide bonds. The molecule has 116 valence electrons. The van der Waals surface area contributed by atoms with Crippen molar-refractivity contribution in [2.24, 2.45) is 0 Å². The highest BCUT2D eigenvalue weighted by molar-refractivity contribution is 9.10. The van der Waals surface area contributed by atoms with E-state index in [4.69, 9.17) is 0 Å². The minimum absolute atomic E-state index is 0.125. The van der Waals surface area contributed by atoms with Crippen LogP contribution in [0.1, 0.15) is 35.8 Å². The number of carbonyl (C=O) groups is 1. The first-order valence-corrected chi connectivity index (χ1v) is 8.17. The summed E-state index contributed by atoms with van der Waals surface area (Å²) in [7, 11) is 0. The van der Waals surface area contributed by atoms with Crippen molar-refractivity contribution in [3.05, 3.63) is 52.3 Å². The van der Waals surface area contributed by atoms with Crippen LogP contribution >= 0.6 is 15.9 Å². The topological polar surface area (TPSA) is 54.0 Å². The van der Waals surface area contributed by atoms with Gasteiger partial charge in [-0.3, -0.25) is 4.79 Å². The van der Waals surface area contributed by atoms with Crippen LogP contribution in [0.5, 0.6) is 0 Å². The minimum Gasteiger partial charge on any atom is -0.354 e. The number of carbonyl (C=O) groups excluding carboxylic acids is 1. The molecule has 5 heteroatoms. The lowest BCUT2D eigenvalue weighted by molar-refractivity contribution is 0.0948. The molecule has 0 atom stereocenters. The number of rotatable bonds is 6. The summed E-state index contributed by atoms with van der Waals surface area (Å²) >= 11 is 3.48. The van der Waals surface area contributed by atoms with Gasteiger partial charge < -0.3 is 10.6 Å². The Hall–Kier alpha value is -1.88. The molecule has 0 aliphatic rings. The third kappa shape index (κ3) is 4.56. The second-order valence-electron chi connectivity index (χ2n) is 5.13. The monoisotopic (exact) mass is 361 g/mol. The molecule has 2 N–H and O–H groups in total. The van der Waals surface area contributed by atoms with E-state index in [2.05, 4.69) is 44.5 Å². The molecule has 0 aliphatic carbocycles. The van der Waals surface area contributed by atoms with E-state index >= 15 is 0 Å². The van der Waals surface area contributed by atoms with Crippen LogP contribution in [0.25, 0.3) is 0 Å². The molecular formula is C17H20BrN3O. The van der Waals surface area contributed by atoms with E-state index in [1.54, 1.807) is 12.3 Å². The summed E-state index contributed by atoms with van der Waals surface area (Å²) in [6, 6.07) is 9.63. The molecule has 0 aliphatic heterocycles. The van der Waals surface area contributed by atoms with E-state index in [-0.39, 0.29) is 5.91 Å². The lowest BCUT2D eigenvalue weighted by atomic mass is 10.2. The molecule has 0 radical (unpaired) electrons. The number of hydrogen-bond acceptors (Lipinski definition) is 3. The second kappa shape index (κ2) is 7.94. The number of benzene rings is 1. The van der Waals surface area contributed by atoms with Crippen LogP contribution in [0.2, 0.25) is 0 Å². The van der Waals surface area contributed by atoms with Crippen molar-refractivity contribution in [3.8, 4) is 0 Å². The molecule has 0 bridgehead atoms. The van der Waals surface area contributed by atoms with Gasteiger partial charge in [-0.1, -0.05) is 29.3 Å². The van der Waals surface area contributed by atoms with E-state index in [9.17, 15) is 4.79 Å². The summed E-state index contributed by atoms with van der Waals surface area (Å²) in [5.74, 6) is -0.125. The predicted molar refractivity (Wildman–Crippen MR) is 93.6 cm³/mol. The molecular weight excluding hydrogens is 342 g/mol. The average Bonchev–Trinajstić information content (AvgIpc) is 2.52. The summed E-state index contributed by atoms with van der Waals surface area (Å²) in [6.07, 6.45) is 3.71. The number of anilines is 2. The lowest BCUT2D eigenvalue weighted by Gasteiger charge is -2.09. The van der Waals surface area contributed by atoms with E-state index in [1.807, 2.05) is 25.1 Å². The number of nitrogens with one attached hydrogen (secondary N) is 2. The van der Waals surface area contributed by atoms with Crippen molar-refractivity contribution in [3.63, 3.8) is 0 Å². The van der Waals surface area contributed by atoms with Crippen LogP contribution in [0.4, 0.5) is 11.4 Å². The third-order valence-corrected chi connectivity index (χ3v) is 4.15. The van der Waals surface area contributed by atoms with E-state index < -0.39 is 0 Å². The molecule has 0 unspecified atom stereocenters. The van der Waals surface area contributed by atoms with Gasteiger partial charge >= 0.3 is 0 Å². The van der Waals surface area contributed by atoms with E-state index in [0.29, 0.717) is 12.2 Å². The molecule has 0 spiro atoms. The first-order chi connectivity index (χ1) is 10.6. The van der Waals surface area contributed by atoms with E-state index in [1.165, 1.54) is 0 Å². The predicted octanol–water partition coefficient (Wildman–Crippen LogP) is 4.43. The third-order valence-electron chi connectivity index (χ3n) is 3.26. The first-order valence-electron chi connectivity index (χ1n) is 7.37. The fourth-order valence-corrected chi connectivity index (χ4v) is 2.21. The Bertz CT molecular complexity index is 641. The average molecular weight is 362 g/mol. The Kier molecular flexibility index (Phi) is 5.95.